The molecule has 100 valence electrons. The largest absolute Gasteiger partial charge is 0.494 e. The van der Waals surface area contributed by atoms with Crippen molar-refractivity contribution < 1.29 is 14.6 Å². The second-order valence-corrected chi connectivity index (χ2v) is 4.54. The highest BCUT2D eigenvalue weighted by Crippen LogP contribution is 2.13. The number of halogens is 1. The first kappa shape index (κ1) is 15.0. The molecule has 2 N–H and O–H groups in total. The molecule has 5 heteroatoms. The minimum Gasteiger partial charge on any atom is -0.494 e. The summed E-state index contributed by atoms with van der Waals surface area (Å²) in [7, 11) is 0. The Hall–Kier alpha value is -1.07. The SMILES string of the molecule is O=C(NCCCO)c1cccc(OCCCBr)c1. The van der Waals surface area contributed by atoms with Crippen LogP contribution in [0.4, 0.5) is 0 Å². The number of hydrogen-bond acceptors (Lipinski definition) is 3. The standard InChI is InChI=1S/C13H18BrNO3/c14-6-2-9-18-12-5-1-4-11(10-12)13(17)15-7-3-8-16/h1,4-5,10,16H,2-3,6-9H2,(H,15,17). The fourth-order valence-corrected chi connectivity index (χ4v) is 1.58. The molecule has 0 aliphatic heterocycles. The van der Waals surface area contributed by atoms with Crippen molar-refractivity contribution in [2.45, 2.75) is 12.8 Å². The summed E-state index contributed by atoms with van der Waals surface area (Å²) < 4.78 is 5.51. The lowest BCUT2D eigenvalue weighted by Gasteiger charge is -2.08. The number of nitrogens with one attached hydrogen (secondary N) is 1. The normalized spacial score (nSPS) is 10.1. The minimum atomic E-state index is -0.144. The Bertz CT molecular complexity index is 371. The highest BCUT2D eigenvalue weighted by Gasteiger charge is 2.05. The predicted molar refractivity (Wildman–Crippen MR) is 74.4 cm³/mol. The van der Waals surface area contributed by atoms with Gasteiger partial charge in [-0.25, -0.2) is 0 Å². The molecule has 0 atom stereocenters. The van der Waals surface area contributed by atoms with Crippen LogP contribution in [0.25, 0.3) is 0 Å². The van der Waals surface area contributed by atoms with E-state index in [2.05, 4.69) is 21.2 Å². The van der Waals surface area contributed by atoms with Gasteiger partial charge in [0.05, 0.1) is 6.61 Å². The van der Waals surface area contributed by atoms with Crippen LogP contribution in [-0.2, 0) is 0 Å². The number of rotatable bonds is 8. The van der Waals surface area contributed by atoms with Gasteiger partial charge in [-0.2, -0.15) is 0 Å². The van der Waals surface area contributed by atoms with Crippen molar-refractivity contribution in [2.75, 3.05) is 25.1 Å². The monoisotopic (exact) mass is 315 g/mol. The van der Waals surface area contributed by atoms with E-state index in [0.29, 0.717) is 30.9 Å². The lowest BCUT2D eigenvalue weighted by Crippen LogP contribution is -2.24. The molecule has 0 heterocycles. The Labute approximate surface area is 115 Å². The quantitative estimate of drug-likeness (QED) is 0.569. The van der Waals surface area contributed by atoms with Crippen molar-refractivity contribution in [1.29, 1.82) is 0 Å². The maximum absolute atomic E-state index is 11.7. The molecule has 1 aromatic carbocycles. The van der Waals surface area contributed by atoms with E-state index >= 15 is 0 Å². The molecule has 1 rings (SSSR count). The maximum Gasteiger partial charge on any atom is 0.251 e. The van der Waals surface area contributed by atoms with Crippen molar-refractivity contribution in [3.63, 3.8) is 0 Å². The summed E-state index contributed by atoms with van der Waals surface area (Å²) in [5.74, 6) is 0.556. The van der Waals surface area contributed by atoms with Gasteiger partial charge in [0.2, 0.25) is 0 Å². The molecule has 0 saturated carbocycles. The van der Waals surface area contributed by atoms with Crippen molar-refractivity contribution in [3.05, 3.63) is 29.8 Å². The van der Waals surface area contributed by atoms with Gasteiger partial charge < -0.3 is 15.2 Å². The van der Waals surface area contributed by atoms with Crippen molar-refractivity contribution in [2.24, 2.45) is 0 Å². The van der Waals surface area contributed by atoms with E-state index in [4.69, 9.17) is 9.84 Å². The van der Waals surface area contributed by atoms with Crippen LogP contribution in [0.15, 0.2) is 24.3 Å². The smallest absolute Gasteiger partial charge is 0.251 e. The zero-order valence-electron chi connectivity index (χ0n) is 10.2. The van der Waals surface area contributed by atoms with Crippen LogP contribution >= 0.6 is 15.9 Å². The van der Waals surface area contributed by atoms with E-state index in [0.717, 1.165) is 11.8 Å². The Morgan fingerprint density at radius 1 is 1.39 bits per heavy atom. The Kier molecular flexibility index (Phi) is 7.44. The maximum atomic E-state index is 11.7. The summed E-state index contributed by atoms with van der Waals surface area (Å²) >= 11 is 3.33. The molecular weight excluding hydrogens is 298 g/mol. The third kappa shape index (κ3) is 5.51. The second kappa shape index (κ2) is 8.94. The molecule has 0 aromatic heterocycles. The average molecular weight is 316 g/mol. The number of carbonyl (C=O) groups excluding carboxylic acids is 1. The predicted octanol–water partition coefficient (Wildman–Crippen LogP) is 1.96. The first-order chi connectivity index (χ1) is 8.77. The van der Waals surface area contributed by atoms with Crippen molar-refractivity contribution in [1.82, 2.24) is 5.32 Å². The van der Waals surface area contributed by atoms with Gasteiger partial charge >= 0.3 is 0 Å². The number of aliphatic hydroxyl groups is 1. The van der Waals surface area contributed by atoms with Crippen LogP contribution in [-0.4, -0.2) is 36.1 Å². The van der Waals surface area contributed by atoms with E-state index in [1.54, 1.807) is 18.2 Å². The average Bonchev–Trinajstić information content (AvgIpc) is 2.39. The summed E-state index contributed by atoms with van der Waals surface area (Å²) in [5, 5.41) is 12.3. The number of alkyl halides is 1. The molecule has 18 heavy (non-hydrogen) atoms. The van der Waals surface area contributed by atoms with Gasteiger partial charge in [0.25, 0.3) is 5.91 Å². The number of hydrogen-bond donors (Lipinski definition) is 2. The Balaban J connectivity index is 2.49. The van der Waals surface area contributed by atoms with Gasteiger partial charge in [0.15, 0.2) is 0 Å². The van der Waals surface area contributed by atoms with Crippen LogP contribution in [0.3, 0.4) is 0 Å². The minimum absolute atomic E-state index is 0.0793. The molecule has 0 bridgehead atoms. The highest BCUT2D eigenvalue weighted by molar-refractivity contribution is 9.09. The molecule has 0 aliphatic rings. The number of ether oxygens (including phenoxy) is 1. The van der Waals surface area contributed by atoms with Gasteiger partial charge in [-0.1, -0.05) is 22.0 Å². The van der Waals surface area contributed by atoms with Crippen LogP contribution in [0, 0.1) is 0 Å². The van der Waals surface area contributed by atoms with Gasteiger partial charge in [0, 0.05) is 24.0 Å². The molecule has 0 spiro atoms. The molecule has 1 aromatic rings. The third-order valence-electron chi connectivity index (χ3n) is 2.26. The van der Waals surface area contributed by atoms with E-state index in [1.807, 2.05) is 6.07 Å². The Morgan fingerprint density at radius 3 is 2.94 bits per heavy atom. The van der Waals surface area contributed by atoms with Crippen LogP contribution in [0.5, 0.6) is 5.75 Å². The van der Waals surface area contributed by atoms with Crippen LogP contribution in [0.1, 0.15) is 23.2 Å². The molecular formula is C13H18BrNO3. The second-order valence-electron chi connectivity index (χ2n) is 3.75. The molecule has 4 nitrogen and oxygen atoms in total. The molecule has 1 amide bonds. The number of amides is 1. The van der Waals surface area contributed by atoms with Crippen LogP contribution < -0.4 is 10.1 Å². The summed E-state index contributed by atoms with van der Waals surface area (Å²) in [6.07, 6.45) is 1.49. The molecule has 0 saturated heterocycles. The molecule has 0 aliphatic carbocycles. The summed E-state index contributed by atoms with van der Waals surface area (Å²) in [4.78, 5) is 11.7. The van der Waals surface area contributed by atoms with Gasteiger partial charge in [-0.05, 0) is 31.0 Å². The summed E-state index contributed by atoms with van der Waals surface area (Å²) in [6.45, 7) is 1.18. The summed E-state index contributed by atoms with van der Waals surface area (Å²) in [6, 6.07) is 7.09. The lowest BCUT2D eigenvalue weighted by molar-refractivity contribution is 0.0950. The summed E-state index contributed by atoms with van der Waals surface area (Å²) in [5.41, 5.74) is 0.573. The van der Waals surface area contributed by atoms with Gasteiger partial charge in [0.1, 0.15) is 5.75 Å². The van der Waals surface area contributed by atoms with E-state index in [9.17, 15) is 4.79 Å². The van der Waals surface area contributed by atoms with Gasteiger partial charge in [-0.15, -0.1) is 0 Å². The van der Waals surface area contributed by atoms with Crippen molar-refractivity contribution in [3.8, 4) is 5.75 Å². The van der Waals surface area contributed by atoms with Gasteiger partial charge in [-0.3, -0.25) is 4.79 Å². The lowest BCUT2D eigenvalue weighted by atomic mass is 10.2. The van der Waals surface area contributed by atoms with E-state index in [1.165, 1.54) is 0 Å². The van der Waals surface area contributed by atoms with Crippen molar-refractivity contribution >= 4 is 21.8 Å². The Morgan fingerprint density at radius 2 is 2.22 bits per heavy atom. The fourth-order valence-electron chi connectivity index (χ4n) is 1.35. The van der Waals surface area contributed by atoms with E-state index in [-0.39, 0.29) is 12.5 Å². The topological polar surface area (TPSA) is 58.6 Å². The zero-order valence-corrected chi connectivity index (χ0v) is 11.8. The zero-order chi connectivity index (χ0) is 13.2. The third-order valence-corrected chi connectivity index (χ3v) is 2.82. The molecule has 0 fully saturated rings. The number of aliphatic hydroxyl groups excluding tert-OH is 1. The number of carbonyl (C=O) groups is 1. The van der Waals surface area contributed by atoms with Crippen LogP contribution in [0.2, 0.25) is 0 Å². The first-order valence-electron chi connectivity index (χ1n) is 5.96. The molecule has 0 radical (unpaired) electrons. The van der Waals surface area contributed by atoms with E-state index < -0.39 is 0 Å². The highest BCUT2D eigenvalue weighted by atomic mass is 79.9. The molecule has 0 unspecified atom stereocenters. The fraction of sp³-hybridized carbons (Fsp3) is 0.462. The number of benzene rings is 1. The first-order valence-corrected chi connectivity index (χ1v) is 7.08.